The number of hydrogen-bond donors (Lipinski definition) is 1. The van der Waals surface area contributed by atoms with Crippen LogP contribution in [0.1, 0.15) is 38.9 Å². The van der Waals surface area contributed by atoms with Crippen molar-refractivity contribution < 1.29 is 0 Å². The number of rotatable bonds is 3. The second-order valence-corrected chi connectivity index (χ2v) is 7.29. The van der Waals surface area contributed by atoms with Crippen molar-refractivity contribution in [3.63, 3.8) is 0 Å². The van der Waals surface area contributed by atoms with Crippen LogP contribution in [0.2, 0.25) is 0 Å². The third-order valence-corrected chi connectivity index (χ3v) is 4.68. The number of hydrogen-bond acceptors (Lipinski definition) is 4. The molecule has 1 aliphatic heterocycles. The van der Waals surface area contributed by atoms with Crippen LogP contribution in [0.15, 0.2) is 18.3 Å². The Bertz CT molecular complexity index is 389. The van der Waals surface area contributed by atoms with E-state index in [4.69, 9.17) is 5.73 Å². The van der Waals surface area contributed by atoms with E-state index >= 15 is 0 Å². The number of nitrogens with zero attached hydrogens (tertiary/aromatic N) is 2. The number of pyridine rings is 1. The second-order valence-electron chi connectivity index (χ2n) is 5.49. The van der Waals surface area contributed by atoms with E-state index in [1.807, 2.05) is 18.0 Å². The number of nitrogens with two attached hydrogens (primary N) is 1. The lowest BCUT2D eigenvalue weighted by molar-refractivity contribution is 0.644. The van der Waals surface area contributed by atoms with E-state index in [2.05, 4.69) is 42.8 Å². The Morgan fingerprint density at radius 1 is 1.50 bits per heavy atom. The molecule has 4 heteroatoms. The van der Waals surface area contributed by atoms with Crippen molar-refractivity contribution in [1.82, 2.24) is 4.98 Å². The lowest BCUT2D eigenvalue weighted by Gasteiger charge is -2.38. The summed E-state index contributed by atoms with van der Waals surface area (Å²) < 4.78 is 0.330. The standard InChI is InChI=1S/C14H23N3S/c1-4-12(15)13-6-5-11(9-16-13)17-7-8-18-14(2,3)10-17/h5-6,9,12H,4,7-8,10,15H2,1-3H3/t12-/m1/s1. The summed E-state index contributed by atoms with van der Waals surface area (Å²) in [5.41, 5.74) is 8.20. The topological polar surface area (TPSA) is 42.1 Å². The van der Waals surface area contributed by atoms with Gasteiger partial charge in [0.25, 0.3) is 0 Å². The van der Waals surface area contributed by atoms with Gasteiger partial charge in [-0.15, -0.1) is 0 Å². The number of thioether (sulfide) groups is 1. The molecule has 1 aliphatic rings. The zero-order valence-electron chi connectivity index (χ0n) is 11.5. The van der Waals surface area contributed by atoms with E-state index in [1.54, 1.807) is 0 Å². The van der Waals surface area contributed by atoms with E-state index < -0.39 is 0 Å². The van der Waals surface area contributed by atoms with Crippen molar-refractivity contribution in [3.8, 4) is 0 Å². The third kappa shape index (κ3) is 3.18. The predicted octanol–water partition coefficient (Wildman–Crippen LogP) is 2.82. The van der Waals surface area contributed by atoms with Gasteiger partial charge >= 0.3 is 0 Å². The normalized spacial score (nSPS) is 20.8. The van der Waals surface area contributed by atoms with Gasteiger partial charge in [-0.3, -0.25) is 4.98 Å². The van der Waals surface area contributed by atoms with Crippen molar-refractivity contribution in [2.45, 2.75) is 38.0 Å². The van der Waals surface area contributed by atoms with Gasteiger partial charge in [0, 0.05) is 29.6 Å². The second kappa shape index (κ2) is 5.49. The maximum atomic E-state index is 5.99. The molecular formula is C14H23N3S. The molecule has 1 aromatic heterocycles. The summed E-state index contributed by atoms with van der Waals surface area (Å²) in [6.45, 7) is 8.88. The molecule has 0 radical (unpaired) electrons. The minimum absolute atomic E-state index is 0.0624. The lowest BCUT2D eigenvalue weighted by Crippen LogP contribution is -2.43. The molecule has 100 valence electrons. The smallest absolute Gasteiger partial charge is 0.0572 e. The van der Waals surface area contributed by atoms with E-state index in [0.29, 0.717) is 4.75 Å². The van der Waals surface area contributed by atoms with Crippen molar-refractivity contribution in [3.05, 3.63) is 24.0 Å². The molecule has 0 bridgehead atoms. The average Bonchev–Trinajstić information content (AvgIpc) is 2.37. The molecule has 0 spiro atoms. The molecule has 0 amide bonds. The van der Waals surface area contributed by atoms with Gasteiger partial charge in [-0.2, -0.15) is 11.8 Å². The van der Waals surface area contributed by atoms with Gasteiger partial charge in [-0.05, 0) is 32.4 Å². The predicted molar refractivity (Wildman–Crippen MR) is 80.2 cm³/mol. The summed E-state index contributed by atoms with van der Waals surface area (Å²) in [4.78, 5) is 6.92. The number of aromatic nitrogens is 1. The monoisotopic (exact) mass is 265 g/mol. The Morgan fingerprint density at radius 3 is 2.83 bits per heavy atom. The molecule has 1 atom stereocenters. The third-order valence-electron chi connectivity index (χ3n) is 3.38. The first kappa shape index (κ1) is 13.7. The largest absolute Gasteiger partial charge is 0.368 e. The van der Waals surface area contributed by atoms with Crippen LogP contribution in [0.25, 0.3) is 0 Å². The van der Waals surface area contributed by atoms with Gasteiger partial charge in [0.05, 0.1) is 17.6 Å². The van der Waals surface area contributed by atoms with Crippen LogP contribution in [-0.2, 0) is 0 Å². The molecule has 18 heavy (non-hydrogen) atoms. The zero-order chi connectivity index (χ0) is 13.2. The molecule has 0 aromatic carbocycles. The van der Waals surface area contributed by atoms with E-state index in [0.717, 1.165) is 25.2 Å². The molecule has 2 rings (SSSR count). The molecule has 1 fully saturated rings. The minimum atomic E-state index is 0.0624. The van der Waals surface area contributed by atoms with Crippen LogP contribution in [0, 0.1) is 0 Å². The molecule has 0 aliphatic carbocycles. The van der Waals surface area contributed by atoms with Crippen molar-refractivity contribution in [1.29, 1.82) is 0 Å². The highest BCUT2D eigenvalue weighted by Gasteiger charge is 2.27. The summed E-state index contributed by atoms with van der Waals surface area (Å²) >= 11 is 2.05. The first-order chi connectivity index (χ1) is 8.52. The summed E-state index contributed by atoms with van der Waals surface area (Å²) in [6.07, 6.45) is 2.90. The maximum Gasteiger partial charge on any atom is 0.0572 e. The SMILES string of the molecule is CC[C@@H](N)c1ccc(N2CCSC(C)(C)C2)cn1. The Kier molecular flexibility index (Phi) is 4.17. The minimum Gasteiger partial charge on any atom is -0.368 e. The van der Waals surface area contributed by atoms with Crippen LogP contribution in [0.4, 0.5) is 5.69 Å². The molecular weight excluding hydrogens is 242 g/mol. The molecule has 2 heterocycles. The van der Waals surface area contributed by atoms with E-state index in [-0.39, 0.29) is 6.04 Å². The molecule has 0 saturated carbocycles. The first-order valence-corrected chi connectivity index (χ1v) is 7.61. The molecule has 3 nitrogen and oxygen atoms in total. The highest BCUT2D eigenvalue weighted by molar-refractivity contribution is 8.00. The lowest BCUT2D eigenvalue weighted by atomic mass is 10.1. The van der Waals surface area contributed by atoms with Crippen LogP contribution in [-0.4, -0.2) is 28.6 Å². The summed E-state index contributed by atoms with van der Waals surface area (Å²) in [5.74, 6) is 1.18. The van der Waals surface area contributed by atoms with Crippen molar-refractivity contribution >= 4 is 17.4 Å². The Labute approximate surface area is 114 Å². The molecule has 2 N–H and O–H groups in total. The average molecular weight is 265 g/mol. The van der Waals surface area contributed by atoms with Gasteiger partial charge in [0.1, 0.15) is 0 Å². The van der Waals surface area contributed by atoms with E-state index in [9.17, 15) is 0 Å². The van der Waals surface area contributed by atoms with Gasteiger partial charge < -0.3 is 10.6 Å². The van der Waals surface area contributed by atoms with Crippen LogP contribution in [0.3, 0.4) is 0 Å². The van der Waals surface area contributed by atoms with Gasteiger partial charge in [0.15, 0.2) is 0 Å². The maximum absolute atomic E-state index is 5.99. The Balaban J connectivity index is 2.09. The highest BCUT2D eigenvalue weighted by atomic mass is 32.2. The van der Waals surface area contributed by atoms with Crippen LogP contribution in [0.5, 0.6) is 0 Å². The van der Waals surface area contributed by atoms with Gasteiger partial charge in [-0.1, -0.05) is 6.92 Å². The fourth-order valence-electron chi connectivity index (χ4n) is 2.25. The summed E-state index contributed by atoms with van der Waals surface area (Å²) in [6, 6.07) is 4.29. The highest BCUT2D eigenvalue weighted by Crippen LogP contribution is 2.32. The Hall–Kier alpha value is -0.740. The van der Waals surface area contributed by atoms with Crippen molar-refractivity contribution in [2.75, 3.05) is 23.7 Å². The van der Waals surface area contributed by atoms with Crippen LogP contribution < -0.4 is 10.6 Å². The van der Waals surface area contributed by atoms with Gasteiger partial charge in [0.2, 0.25) is 0 Å². The van der Waals surface area contributed by atoms with Crippen molar-refractivity contribution in [2.24, 2.45) is 5.73 Å². The number of anilines is 1. The van der Waals surface area contributed by atoms with E-state index in [1.165, 1.54) is 11.4 Å². The zero-order valence-corrected chi connectivity index (χ0v) is 12.3. The quantitative estimate of drug-likeness (QED) is 0.912. The first-order valence-electron chi connectivity index (χ1n) is 6.62. The Morgan fingerprint density at radius 2 is 2.28 bits per heavy atom. The van der Waals surface area contributed by atoms with Gasteiger partial charge in [-0.25, -0.2) is 0 Å². The van der Waals surface area contributed by atoms with Crippen LogP contribution >= 0.6 is 11.8 Å². The molecule has 1 saturated heterocycles. The summed E-state index contributed by atoms with van der Waals surface area (Å²) in [7, 11) is 0. The molecule has 1 aromatic rings. The summed E-state index contributed by atoms with van der Waals surface area (Å²) in [5, 5.41) is 0. The molecule has 0 unspecified atom stereocenters. The fourth-order valence-corrected chi connectivity index (χ4v) is 3.36. The fraction of sp³-hybridized carbons (Fsp3) is 0.643.